The number of carbonyl (C=O) groups is 1. The maximum absolute atomic E-state index is 13.3. The standard InChI is InChI=1S/C17H15F3N4O/c1-11-5-4-8-24-12(10-22-16(11)24)9-14(25)23-15(17(18,19)20)13-6-2-3-7-21-13/h2-8,10,15H,9H2,1H3,(H,23,25)/t15-/m1/s1. The fourth-order valence-electron chi connectivity index (χ4n) is 2.58. The third-order valence-electron chi connectivity index (χ3n) is 3.77. The van der Waals surface area contributed by atoms with Crippen molar-refractivity contribution in [3.63, 3.8) is 0 Å². The molecule has 3 aromatic rings. The topological polar surface area (TPSA) is 59.3 Å². The Bertz CT molecular complexity index is 890. The van der Waals surface area contributed by atoms with Crippen molar-refractivity contribution in [3.8, 4) is 0 Å². The zero-order valence-electron chi connectivity index (χ0n) is 13.3. The largest absolute Gasteiger partial charge is 0.414 e. The molecule has 0 aliphatic rings. The number of fused-ring (bicyclic) bond motifs is 1. The summed E-state index contributed by atoms with van der Waals surface area (Å²) < 4.78 is 41.5. The maximum Gasteiger partial charge on any atom is 0.414 e. The lowest BCUT2D eigenvalue weighted by molar-refractivity contribution is -0.164. The van der Waals surface area contributed by atoms with E-state index in [0.717, 1.165) is 5.56 Å². The Hall–Kier alpha value is -2.90. The van der Waals surface area contributed by atoms with E-state index in [1.165, 1.54) is 30.6 Å². The van der Waals surface area contributed by atoms with E-state index in [2.05, 4.69) is 9.97 Å². The summed E-state index contributed by atoms with van der Waals surface area (Å²) >= 11 is 0. The summed E-state index contributed by atoms with van der Waals surface area (Å²) in [6.45, 7) is 1.87. The first-order valence-electron chi connectivity index (χ1n) is 7.55. The second-order valence-electron chi connectivity index (χ2n) is 5.61. The van der Waals surface area contributed by atoms with Crippen LogP contribution in [0.4, 0.5) is 13.2 Å². The molecular weight excluding hydrogens is 333 g/mol. The van der Waals surface area contributed by atoms with Crippen LogP contribution in [0.3, 0.4) is 0 Å². The number of hydrogen-bond donors (Lipinski definition) is 1. The Labute approximate surface area is 141 Å². The molecule has 5 nitrogen and oxygen atoms in total. The lowest BCUT2D eigenvalue weighted by atomic mass is 10.1. The molecule has 0 aliphatic carbocycles. The highest BCUT2D eigenvalue weighted by atomic mass is 19.4. The predicted octanol–water partition coefficient (Wildman–Crippen LogP) is 3.00. The lowest BCUT2D eigenvalue weighted by Crippen LogP contribution is -2.39. The zero-order valence-corrected chi connectivity index (χ0v) is 13.3. The Morgan fingerprint density at radius 2 is 2.04 bits per heavy atom. The van der Waals surface area contributed by atoms with Crippen LogP contribution in [-0.4, -0.2) is 26.5 Å². The van der Waals surface area contributed by atoms with Gasteiger partial charge in [0.1, 0.15) is 5.65 Å². The van der Waals surface area contributed by atoms with Crippen LogP contribution in [0, 0.1) is 6.92 Å². The van der Waals surface area contributed by atoms with Crippen LogP contribution in [-0.2, 0) is 11.2 Å². The van der Waals surface area contributed by atoms with E-state index in [1.54, 1.807) is 16.7 Å². The third kappa shape index (κ3) is 3.62. The normalized spacial score (nSPS) is 13.0. The van der Waals surface area contributed by atoms with E-state index >= 15 is 0 Å². The molecule has 0 bridgehead atoms. The van der Waals surface area contributed by atoms with Gasteiger partial charge in [-0.25, -0.2) is 4.98 Å². The number of carbonyl (C=O) groups excluding carboxylic acids is 1. The molecule has 0 aromatic carbocycles. The van der Waals surface area contributed by atoms with E-state index in [9.17, 15) is 18.0 Å². The van der Waals surface area contributed by atoms with Crippen LogP contribution in [0.25, 0.3) is 5.65 Å². The van der Waals surface area contributed by atoms with Crippen LogP contribution < -0.4 is 5.32 Å². The lowest BCUT2D eigenvalue weighted by Gasteiger charge is -2.21. The monoisotopic (exact) mass is 348 g/mol. The number of aryl methyl sites for hydroxylation is 1. The molecule has 1 N–H and O–H groups in total. The van der Waals surface area contributed by atoms with Gasteiger partial charge in [0, 0.05) is 18.6 Å². The molecule has 1 atom stereocenters. The summed E-state index contributed by atoms with van der Waals surface area (Å²) in [6, 6.07) is 5.70. The number of halogens is 3. The average molecular weight is 348 g/mol. The van der Waals surface area contributed by atoms with E-state index in [1.807, 2.05) is 18.3 Å². The van der Waals surface area contributed by atoms with Crippen LogP contribution in [0.5, 0.6) is 0 Å². The van der Waals surface area contributed by atoms with Crippen molar-refractivity contribution in [2.75, 3.05) is 0 Å². The predicted molar refractivity (Wildman–Crippen MR) is 84.8 cm³/mol. The van der Waals surface area contributed by atoms with Gasteiger partial charge in [0.2, 0.25) is 5.91 Å². The summed E-state index contributed by atoms with van der Waals surface area (Å²) in [5.74, 6) is -0.753. The number of hydrogen-bond acceptors (Lipinski definition) is 3. The maximum atomic E-state index is 13.3. The molecular formula is C17H15F3N4O. The number of amides is 1. The van der Waals surface area contributed by atoms with Gasteiger partial charge in [-0.3, -0.25) is 9.78 Å². The first-order valence-corrected chi connectivity index (χ1v) is 7.55. The zero-order chi connectivity index (χ0) is 18.0. The first-order chi connectivity index (χ1) is 11.9. The molecule has 0 saturated carbocycles. The highest BCUT2D eigenvalue weighted by Gasteiger charge is 2.42. The minimum absolute atomic E-state index is 0.218. The van der Waals surface area contributed by atoms with Gasteiger partial charge in [-0.1, -0.05) is 12.1 Å². The smallest absolute Gasteiger partial charge is 0.339 e. The number of rotatable bonds is 4. The van der Waals surface area contributed by atoms with Crippen molar-refractivity contribution in [2.45, 2.75) is 25.6 Å². The molecule has 3 aromatic heterocycles. The highest BCUT2D eigenvalue weighted by Crippen LogP contribution is 2.31. The Morgan fingerprint density at radius 3 is 2.72 bits per heavy atom. The van der Waals surface area contributed by atoms with Gasteiger partial charge >= 0.3 is 6.18 Å². The second kappa shape index (κ2) is 6.54. The minimum atomic E-state index is -4.64. The number of nitrogens with zero attached hydrogens (tertiary/aromatic N) is 3. The van der Waals surface area contributed by atoms with Gasteiger partial charge in [-0.15, -0.1) is 0 Å². The van der Waals surface area contributed by atoms with Crippen molar-refractivity contribution >= 4 is 11.6 Å². The van der Waals surface area contributed by atoms with Gasteiger partial charge in [0.05, 0.1) is 17.8 Å². The summed E-state index contributed by atoms with van der Waals surface area (Å²) in [7, 11) is 0. The van der Waals surface area contributed by atoms with Crippen molar-refractivity contribution in [3.05, 3.63) is 65.9 Å². The highest BCUT2D eigenvalue weighted by molar-refractivity contribution is 5.79. The molecule has 3 heterocycles. The van der Waals surface area contributed by atoms with Gasteiger partial charge < -0.3 is 9.72 Å². The molecule has 0 unspecified atom stereocenters. The molecule has 0 fully saturated rings. The van der Waals surface area contributed by atoms with Gasteiger partial charge in [0.25, 0.3) is 0 Å². The van der Waals surface area contributed by atoms with Crippen LogP contribution in [0.15, 0.2) is 48.9 Å². The second-order valence-corrected chi connectivity index (χ2v) is 5.61. The van der Waals surface area contributed by atoms with Crippen molar-refractivity contribution < 1.29 is 18.0 Å². The molecule has 0 saturated heterocycles. The summed E-state index contributed by atoms with van der Waals surface area (Å²) in [5, 5.41) is 2.02. The third-order valence-corrected chi connectivity index (χ3v) is 3.77. The van der Waals surface area contributed by atoms with Crippen molar-refractivity contribution in [1.82, 2.24) is 19.7 Å². The SMILES string of the molecule is Cc1cccn2c(CC(=O)N[C@H](c3ccccn3)C(F)(F)F)cnc12. The molecule has 130 valence electrons. The number of alkyl halides is 3. The van der Waals surface area contributed by atoms with Crippen molar-refractivity contribution in [2.24, 2.45) is 0 Å². The number of imidazole rings is 1. The number of aromatic nitrogens is 3. The number of pyridine rings is 2. The Kier molecular flexibility index (Phi) is 4.43. The number of nitrogens with one attached hydrogen (secondary N) is 1. The van der Waals surface area contributed by atoms with E-state index < -0.39 is 18.1 Å². The molecule has 1 amide bonds. The van der Waals surface area contributed by atoms with Crippen LogP contribution in [0.1, 0.15) is 23.0 Å². The molecule has 8 heteroatoms. The van der Waals surface area contributed by atoms with Gasteiger partial charge in [-0.05, 0) is 30.7 Å². The van der Waals surface area contributed by atoms with E-state index in [0.29, 0.717) is 11.3 Å². The molecule has 3 rings (SSSR count). The fourth-order valence-corrected chi connectivity index (χ4v) is 2.58. The van der Waals surface area contributed by atoms with Crippen LogP contribution in [0.2, 0.25) is 0 Å². The van der Waals surface area contributed by atoms with E-state index in [4.69, 9.17) is 0 Å². The summed E-state index contributed by atoms with van der Waals surface area (Å²) in [6.07, 6.45) is -0.388. The van der Waals surface area contributed by atoms with Gasteiger partial charge in [-0.2, -0.15) is 13.2 Å². The fraction of sp³-hybridized carbons (Fsp3) is 0.235. The van der Waals surface area contributed by atoms with Crippen molar-refractivity contribution in [1.29, 1.82) is 0 Å². The first kappa shape index (κ1) is 16.9. The Balaban J connectivity index is 1.81. The summed E-state index contributed by atoms with van der Waals surface area (Å²) in [4.78, 5) is 20.1. The molecule has 0 aliphatic heterocycles. The molecule has 25 heavy (non-hydrogen) atoms. The molecule has 0 radical (unpaired) electrons. The Morgan fingerprint density at radius 1 is 1.24 bits per heavy atom. The van der Waals surface area contributed by atoms with Crippen LogP contribution >= 0.6 is 0 Å². The quantitative estimate of drug-likeness (QED) is 0.789. The molecule has 0 spiro atoms. The summed E-state index contributed by atoms with van der Waals surface area (Å²) in [5.41, 5.74) is 1.84. The minimum Gasteiger partial charge on any atom is -0.339 e. The van der Waals surface area contributed by atoms with E-state index in [-0.39, 0.29) is 12.1 Å². The average Bonchev–Trinajstić information content (AvgIpc) is 2.97. The van der Waals surface area contributed by atoms with Gasteiger partial charge in [0.15, 0.2) is 6.04 Å².